The second kappa shape index (κ2) is 6.60. The van der Waals surface area contributed by atoms with Crippen LogP contribution in [0.15, 0.2) is 23.8 Å². The molecule has 1 aromatic rings. The molecule has 0 N–H and O–H groups in total. The normalized spacial score (nSPS) is 11.1. The third kappa shape index (κ3) is 3.74. The average molecular weight is 287 g/mol. The van der Waals surface area contributed by atoms with Gasteiger partial charge in [-0.1, -0.05) is 0 Å². The molecule has 0 aromatic heterocycles. The Kier molecular flexibility index (Phi) is 5.13. The predicted octanol–water partition coefficient (Wildman–Crippen LogP) is 2.37. The molecule has 8 heteroatoms. The number of rotatable bonds is 5. The molecule has 20 heavy (non-hydrogen) atoms. The summed E-state index contributed by atoms with van der Waals surface area (Å²) in [4.78, 5) is 20.4. The van der Waals surface area contributed by atoms with E-state index in [4.69, 9.17) is 4.74 Å². The Morgan fingerprint density at radius 1 is 1.40 bits per heavy atom. The monoisotopic (exact) mass is 287 g/mol. The van der Waals surface area contributed by atoms with Crippen molar-refractivity contribution >= 4 is 11.7 Å². The summed E-state index contributed by atoms with van der Waals surface area (Å²) in [5.41, 5.74) is -0.744. The van der Waals surface area contributed by atoms with Crippen molar-refractivity contribution in [1.82, 2.24) is 0 Å². The summed E-state index contributed by atoms with van der Waals surface area (Å²) in [5, 5.41) is 10.4. The molecule has 0 atom stereocenters. The zero-order chi connectivity index (χ0) is 15.3. The van der Waals surface area contributed by atoms with Crippen LogP contribution in [0, 0.1) is 21.7 Å². The second-order valence-corrected chi connectivity index (χ2v) is 3.68. The molecule has 0 aliphatic heterocycles. The Hall–Kier alpha value is -2.51. The van der Waals surface area contributed by atoms with Gasteiger partial charge < -0.3 is 9.47 Å². The van der Waals surface area contributed by atoms with E-state index in [1.807, 2.05) is 0 Å². The first-order valence-corrected chi connectivity index (χ1v) is 5.38. The summed E-state index contributed by atoms with van der Waals surface area (Å²) in [7, 11) is 1.20. The topological polar surface area (TPSA) is 78.7 Å². The Morgan fingerprint density at radius 3 is 2.60 bits per heavy atom. The van der Waals surface area contributed by atoms with Crippen LogP contribution in [0.25, 0.3) is 0 Å². The summed E-state index contributed by atoms with van der Waals surface area (Å²) >= 11 is 0. The zero-order valence-electron chi connectivity index (χ0n) is 10.7. The smallest absolute Gasteiger partial charge is 0.333 e. The molecule has 0 aliphatic rings. The maximum absolute atomic E-state index is 13.4. The van der Waals surface area contributed by atoms with Gasteiger partial charge in [0.25, 0.3) is 0 Å². The van der Waals surface area contributed by atoms with Crippen LogP contribution in [0.5, 0.6) is 5.75 Å². The maximum Gasteiger partial charge on any atom is 0.333 e. The van der Waals surface area contributed by atoms with Gasteiger partial charge in [-0.25, -0.2) is 9.18 Å². The van der Waals surface area contributed by atoms with Crippen molar-refractivity contribution < 1.29 is 28.0 Å². The Labute approximate surface area is 112 Å². The minimum atomic E-state index is -1.21. The molecule has 1 rings (SSSR count). The summed E-state index contributed by atoms with van der Waals surface area (Å²) in [6, 6.07) is 1.01. The van der Waals surface area contributed by atoms with Crippen molar-refractivity contribution in [1.29, 1.82) is 0 Å². The van der Waals surface area contributed by atoms with Crippen LogP contribution in [0.2, 0.25) is 0 Å². The number of ether oxygens (including phenoxy) is 2. The lowest BCUT2D eigenvalue weighted by molar-refractivity contribution is -0.387. The number of carbonyl (C=O) groups is 1. The van der Waals surface area contributed by atoms with Crippen LogP contribution < -0.4 is 4.74 Å². The molecule has 0 spiro atoms. The van der Waals surface area contributed by atoms with E-state index in [-0.39, 0.29) is 12.2 Å². The van der Waals surface area contributed by atoms with E-state index in [1.54, 1.807) is 0 Å². The number of nitro groups is 1. The van der Waals surface area contributed by atoms with Crippen molar-refractivity contribution in [3.8, 4) is 5.75 Å². The molecule has 6 nitrogen and oxygen atoms in total. The number of halogens is 2. The van der Waals surface area contributed by atoms with Crippen molar-refractivity contribution in [3.63, 3.8) is 0 Å². The van der Waals surface area contributed by atoms with Crippen LogP contribution in [0.3, 0.4) is 0 Å². The van der Waals surface area contributed by atoms with E-state index in [2.05, 4.69) is 4.74 Å². The quantitative estimate of drug-likeness (QED) is 0.359. The molecule has 0 amide bonds. The minimum absolute atomic E-state index is 0.213. The van der Waals surface area contributed by atoms with Gasteiger partial charge in [0, 0.05) is 11.6 Å². The summed E-state index contributed by atoms with van der Waals surface area (Å²) in [6.45, 7) is 1.25. The van der Waals surface area contributed by atoms with E-state index >= 15 is 0 Å². The third-order valence-electron chi connectivity index (χ3n) is 2.33. The standard InChI is InChI=1S/C12H11F2NO5/c1-7(12(16)19-2)3-4-20-11-6-8(13)10(15(17)18)5-9(11)14/h3,5-6H,4H2,1-2H3. The molecule has 0 unspecified atom stereocenters. The van der Waals surface area contributed by atoms with E-state index in [0.717, 1.165) is 0 Å². The van der Waals surface area contributed by atoms with Gasteiger partial charge in [-0.2, -0.15) is 4.39 Å². The first-order valence-electron chi connectivity index (χ1n) is 5.38. The minimum Gasteiger partial charge on any atom is -0.486 e. The third-order valence-corrected chi connectivity index (χ3v) is 2.33. The van der Waals surface area contributed by atoms with Gasteiger partial charge in [-0.3, -0.25) is 10.1 Å². The molecule has 108 valence electrons. The van der Waals surface area contributed by atoms with Gasteiger partial charge >= 0.3 is 11.7 Å². The van der Waals surface area contributed by atoms with E-state index < -0.39 is 34.0 Å². The number of carbonyl (C=O) groups excluding carboxylic acids is 1. The molecule has 0 heterocycles. The highest BCUT2D eigenvalue weighted by molar-refractivity contribution is 5.87. The number of hydrogen-bond acceptors (Lipinski definition) is 5. The molecule has 0 fully saturated rings. The fourth-order valence-corrected chi connectivity index (χ4v) is 1.27. The van der Waals surface area contributed by atoms with Gasteiger partial charge in [-0.05, 0) is 13.0 Å². The summed E-state index contributed by atoms with van der Waals surface area (Å²) in [5.74, 6) is -3.34. The van der Waals surface area contributed by atoms with Crippen molar-refractivity contribution in [2.75, 3.05) is 13.7 Å². The lowest BCUT2D eigenvalue weighted by Gasteiger charge is -2.06. The second-order valence-electron chi connectivity index (χ2n) is 3.68. The number of methoxy groups -OCH3 is 1. The predicted molar refractivity (Wildman–Crippen MR) is 64.3 cm³/mol. The Balaban J connectivity index is 2.82. The van der Waals surface area contributed by atoms with Crippen LogP contribution in [-0.4, -0.2) is 24.6 Å². The largest absolute Gasteiger partial charge is 0.486 e. The van der Waals surface area contributed by atoms with Crippen LogP contribution in [0.4, 0.5) is 14.5 Å². The number of esters is 1. The van der Waals surface area contributed by atoms with Crippen LogP contribution in [-0.2, 0) is 9.53 Å². The van der Waals surface area contributed by atoms with E-state index in [1.165, 1.54) is 20.1 Å². The first kappa shape index (κ1) is 15.5. The van der Waals surface area contributed by atoms with Crippen LogP contribution in [0.1, 0.15) is 6.92 Å². The SMILES string of the molecule is COC(=O)C(C)=CCOc1cc(F)c([N+](=O)[O-])cc1F. The fourth-order valence-electron chi connectivity index (χ4n) is 1.27. The Morgan fingerprint density at radius 2 is 2.05 bits per heavy atom. The van der Waals surface area contributed by atoms with Crippen LogP contribution >= 0.6 is 0 Å². The van der Waals surface area contributed by atoms with Gasteiger partial charge in [0.05, 0.1) is 18.1 Å². The molecule has 0 aliphatic carbocycles. The summed E-state index contributed by atoms with van der Waals surface area (Å²) < 4.78 is 36.0. The zero-order valence-corrected chi connectivity index (χ0v) is 10.7. The molecule has 0 saturated carbocycles. The van der Waals surface area contributed by atoms with E-state index in [9.17, 15) is 23.7 Å². The van der Waals surface area contributed by atoms with Gasteiger partial charge in [0.1, 0.15) is 6.61 Å². The number of nitro benzene ring substituents is 1. The molecular formula is C12H11F2NO5. The number of benzene rings is 1. The molecule has 0 saturated heterocycles. The molecule has 0 radical (unpaired) electrons. The maximum atomic E-state index is 13.4. The first-order chi connectivity index (χ1) is 9.36. The highest BCUT2D eigenvalue weighted by Crippen LogP contribution is 2.26. The Bertz CT molecular complexity index is 571. The number of nitrogens with zero attached hydrogens (tertiary/aromatic N) is 1. The van der Waals surface area contributed by atoms with Crippen molar-refractivity contribution in [2.45, 2.75) is 6.92 Å². The number of hydrogen-bond donors (Lipinski definition) is 0. The van der Waals surface area contributed by atoms with Gasteiger partial charge in [0.15, 0.2) is 11.6 Å². The van der Waals surface area contributed by atoms with Crippen molar-refractivity contribution in [2.24, 2.45) is 0 Å². The average Bonchev–Trinajstić information content (AvgIpc) is 2.40. The molecule has 0 bridgehead atoms. The molecule has 1 aromatic carbocycles. The lowest BCUT2D eigenvalue weighted by atomic mass is 10.2. The fraction of sp³-hybridized carbons (Fsp3) is 0.250. The lowest BCUT2D eigenvalue weighted by Crippen LogP contribution is -2.05. The molecular weight excluding hydrogens is 276 g/mol. The van der Waals surface area contributed by atoms with E-state index in [0.29, 0.717) is 12.1 Å². The highest BCUT2D eigenvalue weighted by atomic mass is 19.1. The summed E-state index contributed by atoms with van der Waals surface area (Å²) in [6.07, 6.45) is 1.31. The van der Waals surface area contributed by atoms with Gasteiger partial charge in [-0.15, -0.1) is 0 Å². The highest BCUT2D eigenvalue weighted by Gasteiger charge is 2.19. The van der Waals surface area contributed by atoms with Gasteiger partial charge in [0.2, 0.25) is 5.82 Å². The van der Waals surface area contributed by atoms with Crippen molar-refractivity contribution in [3.05, 3.63) is 45.5 Å².